The molecule has 1 aromatic carbocycles. The van der Waals surface area contributed by atoms with Crippen LogP contribution in [0.3, 0.4) is 0 Å². The van der Waals surface area contributed by atoms with Crippen LogP contribution in [-0.4, -0.2) is 16.2 Å². The van der Waals surface area contributed by atoms with Crippen molar-refractivity contribution in [1.82, 2.24) is 10.2 Å². The van der Waals surface area contributed by atoms with Gasteiger partial charge in [-0.05, 0) is 30.5 Å². The van der Waals surface area contributed by atoms with Gasteiger partial charge in [-0.2, -0.15) is 0 Å². The number of benzene rings is 1. The van der Waals surface area contributed by atoms with Gasteiger partial charge in [0.05, 0.1) is 10.4 Å². The molecule has 23 heavy (non-hydrogen) atoms. The summed E-state index contributed by atoms with van der Waals surface area (Å²) >= 11 is 1.43. The Bertz CT molecular complexity index is 833. The normalized spacial score (nSPS) is 12.1. The highest BCUT2D eigenvalue weighted by Gasteiger charge is 2.22. The van der Waals surface area contributed by atoms with Crippen LogP contribution in [-0.2, 0) is 4.74 Å². The van der Waals surface area contributed by atoms with Crippen LogP contribution < -0.4 is 0 Å². The third-order valence-electron chi connectivity index (χ3n) is 2.96. The molecule has 0 bridgehead atoms. The molecule has 0 fully saturated rings. The summed E-state index contributed by atoms with van der Waals surface area (Å²) in [6.45, 7) is 1.52. The van der Waals surface area contributed by atoms with Crippen molar-refractivity contribution in [3.05, 3.63) is 58.8 Å². The lowest BCUT2D eigenvalue weighted by molar-refractivity contribution is 0.0274. The minimum Gasteiger partial charge on any atom is -0.449 e. The van der Waals surface area contributed by atoms with Gasteiger partial charge < -0.3 is 9.15 Å². The molecule has 3 aromatic rings. The Morgan fingerprint density at radius 2 is 2.13 bits per heavy atom. The lowest BCUT2D eigenvalue weighted by atomic mass is 10.2. The molecule has 0 radical (unpaired) electrons. The van der Waals surface area contributed by atoms with Crippen molar-refractivity contribution in [3.8, 4) is 10.8 Å². The third kappa shape index (κ3) is 3.26. The molecule has 2 heterocycles. The Morgan fingerprint density at radius 1 is 1.30 bits per heavy atom. The number of esters is 1. The molecule has 3 rings (SSSR count). The molecule has 0 saturated carbocycles. The van der Waals surface area contributed by atoms with Crippen molar-refractivity contribution in [1.29, 1.82) is 0 Å². The van der Waals surface area contributed by atoms with Crippen LogP contribution in [0.1, 0.15) is 29.3 Å². The lowest BCUT2D eigenvalue weighted by Gasteiger charge is -2.09. The maximum atomic E-state index is 13.6. The Morgan fingerprint density at radius 3 is 2.83 bits per heavy atom. The summed E-state index contributed by atoms with van der Waals surface area (Å²) in [6.07, 6.45) is -0.867. The smallest absolute Gasteiger partial charge is 0.341 e. The predicted molar refractivity (Wildman–Crippen MR) is 77.8 cm³/mol. The standard InChI is InChI=1S/C15H10F2N2O3S/c1-8(13-18-19-14(22-13)12-3-2-6-23-12)21-15(20)10-5-4-9(16)7-11(10)17/h2-8H,1H3/t8-/m1/s1. The number of carbonyl (C=O) groups is 1. The molecule has 1 atom stereocenters. The van der Waals surface area contributed by atoms with Crippen molar-refractivity contribution < 1.29 is 22.7 Å². The number of hydrogen-bond donors (Lipinski definition) is 0. The zero-order valence-electron chi connectivity index (χ0n) is 11.8. The molecule has 8 heteroatoms. The molecule has 5 nitrogen and oxygen atoms in total. The van der Waals surface area contributed by atoms with Crippen molar-refractivity contribution in [2.45, 2.75) is 13.0 Å². The zero-order chi connectivity index (χ0) is 16.4. The fourth-order valence-electron chi connectivity index (χ4n) is 1.83. The first-order chi connectivity index (χ1) is 11.0. The van der Waals surface area contributed by atoms with E-state index in [0.29, 0.717) is 12.0 Å². The average Bonchev–Trinajstić information content (AvgIpc) is 3.18. The average molecular weight is 336 g/mol. The summed E-state index contributed by atoms with van der Waals surface area (Å²) in [6, 6.07) is 6.26. The van der Waals surface area contributed by atoms with Crippen molar-refractivity contribution >= 4 is 17.3 Å². The first-order valence-corrected chi connectivity index (χ1v) is 7.46. The van der Waals surface area contributed by atoms with E-state index in [9.17, 15) is 13.6 Å². The number of ether oxygens (including phenoxy) is 1. The predicted octanol–water partition coefficient (Wildman–Crippen LogP) is 3.99. The summed E-state index contributed by atoms with van der Waals surface area (Å²) in [5.74, 6) is -2.31. The van der Waals surface area contributed by atoms with E-state index in [1.807, 2.05) is 17.5 Å². The third-order valence-corrected chi connectivity index (χ3v) is 3.81. The number of thiophene rings is 1. The number of aromatic nitrogens is 2. The van der Waals surface area contributed by atoms with Crippen LogP contribution in [0.25, 0.3) is 10.8 Å². The summed E-state index contributed by atoms with van der Waals surface area (Å²) in [5, 5.41) is 9.54. The quantitative estimate of drug-likeness (QED) is 0.674. The van der Waals surface area contributed by atoms with Crippen molar-refractivity contribution in [3.63, 3.8) is 0 Å². The van der Waals surface area contributed by atoms with Crippen LogP contribution in [0.4, 0.5) is 8.78 Å². The second-order valence-corrected chi connectivity index (χ2v) is 5.54. The van der Waals surface area contributed by atoms with Gasteiger partial charge in [0.1, 0.15) is 11.6 Å². The van der Waals surface area contributed by atoms with E-state index in [1.54, 1.807) is 0 Å². The van der Waals surface area contributed by atoms with E-state index in [0.717, 1.165) is 17.0 Å². The van der Waals surface area contributed by atoms with E-state index in [4.69, 9.17) is 9.15 Å². The monoisotopic (exact) mass is 336 g/mol. The highest BCUT2D eigenvalue weighted by molar-refractivity contribution is 7.13. The molecule has 2 aromatic heterocycles. The molecular formula is C15H10F2N2O3S. The molecule has 0 spiro atoms. The Hall–Kier alpha value is -2.61. The maximum Gasteiger partial charge on any atom is 0.341 e. The van der Waals surface area contributed by atoms with Crippen LogP contribution >= 0.6 is 11.3 Å². The number of carbonyl (C=O) groups excluding carboxylic acids is 1. The van der Waals surface area contributed by atoms with Crippen LogP contribution in [0.5, 0.6) is 0 Å². The van der Waals surface area contributed by atoms with Crippen LogP contribution in [0.15, 0.2) is 40.1 Å². The Labute approximate surface area is 133 Å². The van der Waals surface area contributed by atoms with Gasteiger partial charge in [0.25, 0.3) is 11.8 Å². The fourth-order valence-corrected chi connectivity index (χ4v) is 2.47. The van der Waals surface area contributed by atoms with Crippen LogP contribution in [0, 0.1) is 11.6 Å². The number of nitrogens with zero attached hydrogens (tertiary/aromatic N) is 2. The van der Waals surface area contributed by atoms with Crippen molar-refractivity contribution in [2.24, 2.45) is 0 Å². The van der Waals surface area contributed by atoms with Crippen molar-refractivity contribution in [2.75, 3.05) is 0 Å². The number of hydrogen-bond acceptors (Lipinski definition) is 6. The van der Waals surface area contributed by atoms with Gasteiger partial charge in [0.2, 0.25) is 0 Å². The molecule has 0 N–H and O–H groups in total. The summed E-state index contributed by atoms with van der Waals surface area (Å²) < 4.78 is 36.9. The SMILES string of the molecule is C[C@@H](OC(=O)c1ccc(F)cc1F)c1nnc(-c2cccs2)o1. The molecule has 0 unspecified atom stereocenters. The van der Waals surface area contributed by atoms with Gasteiger partial charge in [-0.15, -0.1) is 21.5 Å². The molecule has 0 aliphatic carbocycles. The van der Waals surface area contributed by atoms with Gasteiger partial charge in [0, 0.05) is 6.07 Å². The zero-order valence-corrected chi connectivity index (χ0v) is 12.6. The summed E-state index contributed by atoms with van der Waals surface area (Å²) in [7, 11) is 0. The van der Waals surface area contributed by atoms with E-state index in [1.165, 1.54) is 18.3 Å². The first kappa shape index (κ1) is 15.3. The Kier molecular flexibility index (Phi) is 4.16. The molecule has 0 saturated heterocycles. The minimum absolute atomic E-state index is 0.0873. The van der Waals surface area contributed by atoms with E-state index < -0.39 is 23.7 Å². The number of halogens is 2. The van der Waals surface area contributed by atoms with Gasteiger partial charge in [-0.3, -0.25) is 0 Å². The van der Waals surface area contributed by atoms with Gasteiger partial charge in [0.15, 0.2) is 6.10 Å². The highest BCUT2D eigenvalue weighted by atomic mass is 32.1. The van der Waals surface area contributed by atoms with Gasteiger partial charge in [-0.25, -0.2) is 13.6 Å². The molecule has 0 aliphatic heterocycles. The van der Waals surface area contributed by atoms with Gasteiger partial charge in [-0.1, -0.05) is 6.07 Å². The van der Waals surface area contributed by atoms with Gasteiger partial charge >= 0.3 is 5.97 Å². The van der Waals surface area contributed by atoms with E-state index in [-0.39, 0.29) is 11.5 Å². The molecule has 0 amide bonds. The molecular weight excluding hydrogens is 326 g/mol. The number of rotatable bonds is 4. The lowest BCUT2D eigenvalue weighted by Crippen LogP contribution is -2.11. The van der Waals surface area contributed by atoms with Crippen LogP contribution in [0.2, 0.25) is 0 Å². The topological polar surface area (TPSA) is 65.2 Å². The molecule has 0 aliphatic rings. The molecule has 118 valence electrons. The first-order valence-electron chi connectivity index (χ1n) is 6.58. The fraction of sp³-hybridized carbons (Fsp3) is 0.133. The highest BCUT2D eigenvalue weighted by Crippen LogP contribution is 2.26. The maximum absolute atomic E-state index is 13.6. The van der Waals surface area contributed by atoms with E-state index >= 15 is 0 Å². The second kappa shape index (κ2) is 6.25. The Balaban J connectivity index is 1.74. The summed E-state index contributed by atoms with van der Waals surface area (Å²) in [4.78, 5) is 12.7. The minimum atomic E-state index is -0.994. The largest absolute Gasteiger partial charge is 0.449 e. The second-order valence-electron chi connectivity index (χ2n) is 4.59. The van der Waals surface area contributed by atoms with E-state index in [2.05, 4.69) is 10.2 Å². The summed E-state index contributed by atoms with van der Waals surface area (Å²) in [5.41, 5.74) is -0.365.